The van der Waals surface area contributed by atoms with Gasteiger partial charge in [0.15, 0.2) is 0 Å². The average molecular weight is 234 g/mol. The number of hydrogen-bond acceptors (Lipinski definition) is 2. The zero-order valence-corrected chi connectivity index (χ0v) is 8.91. The molecule has 1 heterocycles. The number of thiophene rings is 1. The molecule has 0 saturated carbocycles. The van der Waals surface area contributed by atoms with E-state index in [0.717, 1.165) is 17.3 Å². The lowest BCUT2D eigenvalue weighted by atomic mass is 10.1. The van der Waals surface area contributed by atoms with Gasteiger partial charge in [-0.05, 0) is 28.4 Å². The van der Waals surface area contributed by atoms with Crippen LogP contribution in [0.5, 0.6) is 0 Å². The Labute approximate surface area is 79.7 Å². The molecule has 0 radical (unpaired) electrons. The lowest BCUT2D eigenvalue weighted by Gasteiger charge is -2.05. The minimum Gasteiger partial charge on any atom is -0.323 e. The fourth-order valence-electron chi connectivity index (χ4n) is 0.976. The Morgan fingerprint density at radius 1 is 1.73 bits per heavy atom. The van der Waals surface area contributed by atoms with Crippen LogP contribution in [0.3, 0.4) is 0 Å². The van der Waals surface area contributed by atoms with Crippen molar-refractivity contribution in [2.45, 2.75) is 25.8 Å². The monoisotopic (exact) mass is 233 g/mol. The van der Waals surface area contributed by atoms with Crippen molar-refractivity contribution >= 4 is 27.3 Å². The maximum absolute atomic E-state index is 5.91. The lowest BCUT2D eigenvalue weighted by molar-refractivity contribution is 0.648. The highest BCUT2D eigenvalue weighted by Crippen LogP contribution is 2.26. The summed E-state index contributed by atoms with van der Waals surface area (Å²) in [7, 11) is 0. The molecular weight excluding hydrogens is 222 g/mol. The summed E-state index contributed by atoms with van der Waals surface area (Å²) in [5.74, 6) is 0. The Bertz CT molecular complexity index is 222. The molecule has 11 heavy (non-hydrogen) atoms. The fraction of sp³-hybridized carbons (Fsp3) is 0.500. The van der Waals surface area contributed by atoms with Crippen molar-refractivity contribution in [1.29, 1.82) is 0 Å². The van der Waals surface area contributed by atoms with E-state index in [1.54, 1.807) is 11.3 Å². The Hall–Kier alpha value is 0.140. The molecule has 0 bridgehead atoms. The highest BCUT2D eigenvalue weighted by molar-refractivity contribution is 9.10. The van der Waals surface area contributed by atoms with Crippen LogP contribution >= 0.6 is 27.3 Å². The van der Waals surface area contributed by atoms with Crippen LogP contribution in [0, 0.1) is 0 Å². The largest absolute Gasteiger partial charge is 0.323 e. The molecule has 3 heteroatoms. The molecule has 1 nitrogen and oxygen atoms in total. The molecule has 0 saturated heterocycles. The molecule has 0 amide bonds. The van der Waals surface area contributed by atoms with Gasteiger partial charge in [-0.25, -0.2) is 0 Å². The first-order chi connectivity index (χ1) is 5.24. The molecule has 0 spiro atoms. The normalized spacial score (nSPS) is 13.4. The molecule has 0 aliphatic carbocycles. The summed E-state index contributed by atoms with van der Waals surface area (Å²) in [6.45, 7) is 2.16. The van der Waals surface area contributed by atoms with E-state index in [1.165, 1.54) is 4.88 Å². The first-order valence-corrected chi connectivity index (χ1v) is 5.40. The Balaban J connectivity index is 2.60. The number of halogens is 1. The van der Waals surface area contributed by atoms with Crippen LogP contribution in [0.15, 0.2) is 15.9 Å². The topological polar surface area (TPSA) is 26.0 Å². The van der Waals surface area contributed by atoms with E-state index in [0.29, 0.717) is 0 Å². The Morgan fingerprint density at radius 2 is 2.45 bits per heavy atom. The van der Waals surface area contributed by atoms with Crippen LogP contribution in [-0.2, 0) is 0 Å². The molecule has 1 rings (SSSR count). The van der Waals surface area contributed by atoms with E-state index in [-0.39, 0.29) is 6.04 Å². The first-order valence-electron chi connectivity index (χ1n) is 3.73. The van der Waals surface area contributed by atoms with Crippen LogP contribution in [0.1, 0.15) is 30.7 Å². The van der Waals surface area contributed by atoms with Gasteiger partial charge in [-0.3, -0.25) is 0 Å². The minimum atomic E-state index is 0.233. The molecule has 1 atom stereocenters. The van der Waals surface area contributed by atoms with Crippen molar-refractivity contribution in [3.8, 4) is 0 Å². The van der Waals surface area contributed by atoms with E-state index in [1.807, 2.05) is 0 Å². The zero-order chi connectivity index (χ0) is 8.27. The highest BCUT2D eigenvalue weighted by Gasteiger charge is 2.06. The first kappa shape index (κ1) is 9.23. The Morgan fingerprint density at radius 3 is 2.91 bits per heavy atom. The van der Waals surface area contributed by atoms with Gasteiger partial charge in [-0.2, -0.15) is 0 Å². The van der Waals surface area contributed by atoms with Crippen molar-refractivity contribution in [3.05, 3.63) is 20.8 Å². The molecule has 1 aromatic heterocycles. The van der Waals surface area contributed by atoms with Crippen LogP contribution in [0.4, 0.5) is 0 Å². The molecule has 1 aromatic rings. The predicted octanol–water partition coefficient (Wildman–Crippen LogP) is 3.31. The quantitative estimate of drug-likeness (QED) is 0.853. The maximum atomic E-state index is 5.91. The smallest absolute Gasteiger partial charge is 0.0390 e. The van der Waals surface area contributed by atoms with Crippen LogP contribution < -0.4 is 5.73 Å². The standard InChI is InChI=1S/C8H12BrNS/c1-2-3-7(10)8-4-6(9)5-11-8/h4-5,7H,2-3,10H2,1H3/t7-/m1/s1. The van der Waals surface area contributed by atoms with Gasteiger partial charge in [0.25, 0.3) is 0 Å². The predicted molar refractivity (Wildman–Crippen MR) is 53.9 cm³/mol. The van der Waals surface area contributed by atoms with Crippen molar-refractivity contribution in [2.75, 3.05) is 0 Å². The summed E-state index contributed by atoms with van der Waals surface area (Å²) in [5, 5.41) is 2.07. The number of nitrogens with two attached hydrogens (primary N) is 1. The minimum absolute atomic E-state index is 0.233. The SMILES string of the molecule is CCC[C@@H](N)c1cc(Br)cs1. The van der Waals surface area contributed by atoms with Crippen molar-refractivity contribution in [3.63, 3.8) is 0 Å². The van der Waals surface area contributed by atoms with Gasteiger partial charge >= 0.3 is 0 Å². The second-order valence-corrected chi connectivity index (χ2v) is 4.42. The third kappa shape index (κ3) is 2.58. The van der Waals surface area contributed by atoms with E-state index in [9.17, 15) is 0 Å². The van der Waals surface area contributed by atoms with E-state index in [4.69, 9.17) is 5.73 Å². The summed E-state index contributed by atoms with van der Waals surface area (Å²) in [6, 6.07) is 2.33. The summed E-state index contributed by atoms with van der Waals surface area (Å²) in [5.41, 5.74) is 5.91. The zero-order valence-electron chi connectivity index (χ0n) is 6.51. The molecule has 0 aromatic carbocycles. The second-order valence-electron chi connectivity index (χ2n) is 2.56. The van der Waals surface area contributed by atoms with Crippen LogP contribution in [0.25, 0.3) is 0 Å². The summed E-state index contributed by atoms with van der Waals surface area (Å²) in [6.07, 6.45) is 2.23. The summed E-state index contributed by atoms with van der Waals surface area (Å²) >= 11 is 5.13. The molecule has 62 valence electrons. The van der Waals surface area contributed by atoms with Gasteiger partial charge in [0.2, 0.25) is 0 Å². The van der Waals surface area contributed by atoms with Gasteiger partial charge < -0.3 is 5.73 Å². The highest BCUT2D eigenvalue weighted by atomic mass is 79.9. The number of hydrogen-bond donors (Lipinski definition) is 1. The maximum Gasteiger partial charge on any atom is 0.0390 e. The summed E-state index contributed by atoms with van der Waals surface area (Å²) in [4.78, 5) is 1.28. The van der Waals surface area contributed by atoms with Crippen molar-refractivity contribution in [2.24, 2.45) is 5.73 Å². The molecule has 0 aliphatic heterocycles. The van der Waals surface area contributed by atoms with E-state index < -0.39 is 0 Å². The number of rotatable bonds is 3. The molecular formula is C8H12BrNS. The fourth-order valence-corrected chi connectivity index (χ4v) is 2.46. The van der Waals surface area contributed by atoms with Gasteiger partial charge in [0.1, 0.15) is 0 Å². The molecule has 2 N–H and O–H groups in total. The third-order valence-electron chi connectivity index (χ3n) is 1.55. The van der Waals surface area contributed by atoms with E-state index in [2.05, 4.69) is 34.3 Å². The molecule has 0 aliphatic rings. The Kier molecular flexibility index (Phi) is 3.55. The third-order valence-corrected chi connectivity index (χ3v) is 3.38. The summed E-state index contributed by atoms with van der Waals surface area (Å²) < 4.78 is 1.14. The van der Waals surface area contributed by atoms with Crippen LogP contribution in [0.2, 0.25) is 0 Å². The molecule has 0 unspecified atom stereocenters. The second kappa shape index (κ2) is 4.24. The van der Waals surface area contributed by atoms with Gasteiger partial charge in [0, 0.05) is 20.8 Å². The van der Waals surface area contributed by atoms with Gasteiger partial charge in [-0.1, -0.05) is 13.3 Å². The van der Waals surface area contributed by atoms with Gasteiger partial charge in [0.05, 0.1) is 0 Å². The van der Waals surface area contributed by atoms with Gasteiger partial charge in [-0.15, -0.1) is 11.3 Å². The molecule has 0 fully saturated rings. The van der Waals surface area contributed by atoms with E-state index >= 15 is 0 Å². The van der Waals surface area contributed by atoms with Crippen molar-refractivity contribution in [1.82, 2.24) is 0 Å². The average Bonchev–Trinajstić information content (AvgIpc) is 2.36. The van der Waals surface area contributed by atoms with Crippen molar-refractivity contribution < 1.29 is 0 Å². The van der Waals surface area contributed by atoms with Crippen LogP contribution in [-0.4, -0.2) is 0 Å². The lowest BCUT2D eigenvalue weighted by Crippen LogP contribution is -2.07.